The van der Waals surface area contributed by atoms with E-state index in [1.54, 1.807) is 0 Å². The Labute approximate surface area is 97.3 Å². The smallest absolute Gasteiger partial charge is 0.0681 e. The van der Waals surface area contributed by atoms with Crippen LogP contribution in [0.3, 0.4) is 0 Å². The third-order valence-electron chi connectivity index (χ3n) is 3.22. The van der Waals surface area contributed by atoms with Crippen LogP contribution in [-0.4, -0.2) is 54.2 Å². The van der Waals surface area contributed by atoms with Crippen molar-refractivity contribution in [1.29, 1.82) is 0 Å². The Morgan fingerprint density at radius 2 is 1.25 bits per heavy atom. The molecule has 0 unspecified atom stereocenters. The largest absolute Gasteiger partial charge is 0.392 e. The van der Waals surface area contributed by atoms with E-state index in [2.05, 4.69) is 9.80 Å². The van der Waals surface area contributed by atoms with E-state index >= 15 is 0 Å². The van der Waals surface area contributed by atoms with Gasteiger partial charge in [0.15, 0.2) is 0 Å². The molecule has 0 amide bonds. The van der Waals surface area contributed by atoms with Gasteiger partial charge in [0.1, 0.15) is 0 Å². The predicted octanol–water partition coefficient (Wildman–Crippen LogP) is 0.796. The van der Waals surface area contributed by atoms with Gasteiger partial charge in [0.25, 0.3) is 0 Å². The van der Waals surface area contributed by atoms with Gasteiger partial charge in [-0.15, -0.1) is 0 Å². The normalized spacial score (nSPS) is 27.1. The Balaban J connectivity index is 0.000000120. The molecule has 3 nitrogen and oxygen atoms in total. The first kappa shape index (κ1) is 11.6. The fourth-order valence-corrected chi connectivity index (χ4v) is 2.10. The maximum Gasteiger partial charge on any atom is 0.0681 e. The van der Waals surface area contributed by atoms with Crippen molar-refractivity contribution in [3.63, 3.8) is 0 Å². The van der Waals surface area contributed by atoms with E-state index in [0.29, 0.717) is 0 Å². The number of hydrogen-bond donors (Lipinski definition) is 1. The first-order valence-corrected chi connectivity index (χ1v) is 5.98. The number of benzene rings is 1. The van der Waals surface area contributed by atoms with Crippen molar-refractivity contribution in [2.75, 3.05) is 39.3 Å². The van der Waals surface area contributed by atoms with Gasteiger partial charge in [0.05, 0.1) is 6.61 Å². The summed E-state index contributed by atoms with van der Waals surface area (Å²) in [5.74, 6) is 0. The summed E-state index contributed by atoms with van der Waals surface area (Å²) in [4.78, 5) is 5.08. The summed E-state index contributed by atoms with van der Waals surface area (Å²) in [6.45, 7) is 8.06. The molecule has 2 bridgehead atoms. The molecule has 0 spiro atoms. The monoisotopic (exact) mass is 220 g/mol. The van der Waals surface area contributed by atoms with Gasteiger partial charge in [-0.1, -0.05) is 30.3 Å². The SMILES string of the molecule is C1CN2CCN1CC2.OCc1ccccc1. The summed E-state index contributed by atoms with van der Waals surface area (Å²) in [6.07, 6.45) is 0. The molecular weight excluding hydrogens is 200 g/mol. The van der Waals surface area contributed by atoms with Gasteiger partial charge in [0, 0.05) is 39.3 Å². The third-order valence-corrected chi connectivity index (χ3v) is 3.22. The summed E-state index contributed by atoms with van der Waals surface area (Å²) in [7, 11) is 0. The van der Waals surface area contributed by atoms with Crippen LogP contribution < -0.4 is 0 Å². The molecule has 0 saturated carbocycles. The van der Waals surface area contributed by atoms with Gasteiger partial charge >= 0.3 is 0 Å². The van der Waals surface area contributed by atoms with Crippen LogP contribution in [0.2, 0.25) is 0 Å². The maximum absolute atomic E-state index is 8.54. The first-order valence-electron chi connectivity index (χ1n) is 5.98. The second kappa shape index (κ2) is 5.99. The predicted molar refractivity (Wildman–Crippen MR) is 65.2 cm³/mol. The Bertz CT molecular complexity index is 271. The van der Waals surface area contributed by atoms with Crippen LogP contribution in [0, 0.1) is 0 Å². The van der Waals surface area contributed by atoms with E-state index in [1.165, 1.54) is 39.3 Å². The fraction of sp³-hybridized carbons (Fsp3) is 0.538. The van der Waals surface area contributed by atoms with E-state index < -0.39 is 0 Å². The molecule has 1 aromatic carbocycles. The number of aliphatic hydroxyl groups excluding tert-OH is 1. The number of aliphatic hydroxyl groups is 1. The Morgan fingerprint density at radius 3 is 1.50 bits per heavy atom. The topological polar surface area (TPSA) is 26.7 Å². The fourth-order valence-electron chi connectivity index (χ4n) is 2.10. The molecule has 3 heteroatoms. The molecule has 3 aliphatic rings. The summed E-state index contributed by atoms with van der Waals surface area (Å²) < 4.78 is 0. The quantitative estimate of drug-likeness (QED) is 0.758. The molecule has 1 N–H and O–H groups in total. The van der Waals surface area contributed by atoms with Gasteiger partial charge in [0.2, 0.25) is 0 Å². The zero-order chi connectivity index (χ0) is 11.2. The molecule has 88 valence electrons. The minimum absolute atomic E-state index is 0.140. The highest BCUT2D eigenvalue weighted by atomic mass is 16.3. The summed E-state index contributed by atoms with van der Waals surface area (Å²) in [5, 5.41) is 8.54. The van der Waals surface area contributed by atoms with Crippen molar-refractivity contribution in [2.24, 2.45) is 0 Å². The van der Waals surface area contributed by atoms with Crippen LogP contribution >= 0.6 is 0 Å². The van der Waals surface area contributed by atoms with Crippen LogP contribution in [0.4, 0.5) is 0 Å². The molecule has 3 heterocycles. The van der Waals surface area contributed by atoms with Crippen molar-refractivity contribution in [1.82, 2.24) is 9.80 Å². The van der Waals surface area contributed by atoms with Crippen molar-refractivity contribution in [3.05, 3.63) is 35.9 Å². The summed E-state index contributed by atoms with van der Waals surface area (Å²) >= 11 is 0. The average Bonchev–Trinajstić information content (AvgIpc) is 2.43. The second-order valence-corrected chi connectivity index (χ2v) is 4.33. The number of piperazine rings is 3. The minimum Gasteiger partial charge on any atom is -0.392 e. The highest BCUT2D eigenvalue weighted by molar-refractivity contribution is 5.12. The van der Waals surface area contributed by atoms with Crippen molar-refractivity contribution in [2.45, 2.75) is 6.61 Å². The zero-order valence-corrected chi connectivity index (χ0v) is 9.68. The lowest BCUT2D eigenvalue weighted by atomic mass is 10.2. The Kier molecular flexibility index (Phi) is 4.34. The number of hydrogen-bond acceptors (Lipinski definition) is 3. The van der Waals surface area contributed by atoms with Crippen LogP contribution in [0.1, 0.15) is 5.56 Å². The van der Waals surface area contributed by atoms with E-state index in [0.717, 1.165) is 5.56 Å². The lowest BCUT2D eigenvalue weighted by molar-refractivity contribution is 0.0647. The zero-order valence-electron chi connectivity index (χ0n) is 9.68. The highest BCUT2D eigenvalue weighted by Gasteiger charge is 2.21. The Morgan fingerprint density at radius 1 is 0.812 bits per heavy atom. The number of nitrogens with zero attached hydrogens (tertiary/aromatic N) is 2. The van der Waals surface area contributed by atoms with E-state index in [1.807, 2.05) is 30.3 Å². The van der Waals surface area contributed by atoms with Crippen LogP contribution in [0.25, 0.3) is 0 Å². The average molecular weight is 220 g/mol. The molecule has 3 fully saturated rings. The van der Waals surface area contributed by atoms with Crippen LogP contribution in [0.15, 0.2) is 30.3 Å². The summed E-state index contributed by atoms with van der Waals surface area (Å²) in [6, 6.07) is 9.52. The highest BCUT2D eigenvalue weighted by Crippen LogP contribution is 2.06. The standard InChI is InChI=1S/C7H8O.C6H12N2/c8-6-7-4-2-1-3-5-7;1-2-8-5-3-7(1)4-6-8/h1-5,8H,6H2;1-6H2. The van der Waals surface area contributed by atoms with Crippen LogP contribution in [0.5, 0.6) is 0 Å². The molecule has 0 radical (unpaired) electrons. The van der Waals surface area contributed by atoms with Gasteiger partial charge in [-0.05, 0) is 5.56 Å². The Hall–Kier alpha value is -0.900. The molecule has 0 aromatic heterocycles. The third kappa shape index (κ3) is 3.30. The van der Waals surface area contributed by atoms with Crippen LogP contribution in [-0.2, 0) is 6.61 Å². The first-order chi connectivity index (χ1) is 7.88. The number of fused-ring (bicyclic) bond motifs is 3. The molecule has 16 heavy (non-hydrogen) atoms. The molecule has 3 aliphatic heterocycles. The molecule has 3 saturated heterocycles. The maximum atomic E-state index is 8.54. The van der Waals surface area contributed by atoms with Gasteiger partial charge in [-0.2, -0.15) is 0 Å². The lowest BCUT2D eigenvalue weighted by Crippen LogP contribution is -2.55. The minimum atomic E-state index is 0.140. The molecular formula is C13H20N2O. The molecule has 4 rings (SSSR count). The summed E-state index contributed by atoms with van der Waals surface area (Å²) in [5.41, 5.74) is 0.965. The van der Waals surface area contributed by atoms with E-state index in [4.69, 9.17) is 5.11 Å². The van der Waals surface area contributed by atoms with Gasteiger partial charge in [-0.3, -0.25) is 9.80 Å². The molecule has 0 aliphatic carbocycles. The van der Waals surface area contributed by atoms with Crippen molar-refractivity contribution < 1.29 is 5.11 Å². The lowest BCUT2D eigenvalue weighted by Gasteiger charge is -2.41. The van der Waals surface area contributed by atoms with Gasteiger partial charge < -0.3 is 5.11 Å². The van der Waals surface area contributed by atoms with Gasteiger partial charge in [-0.25, -0.2) is 0 Å². The second-order valence-electron chi connectivity index (χ2n) is 4.33. The van der Waals surface area contributed by atoms with E-state index in [-0.39, 0.29) is 6.61 Å². The number of rotatable bonds is 1. The molecule has 0 atom stereocenters. The van der Waals surface area contributed by atoms with Crippen molar-refractivity contribution >= 4 is 0 Å². The molecule has 1 aromatic rings. The van der Waals surface area contributed by atoms with E-state index in [9.17, 15) is 0 Å². The van der Waals surface area contributed by atoms with Crippen molar-refractivity contribution in [3.8, 4) is 0 Å².